The zero-order valence-corrected chi connectivity index (χ0v) is 15.6. The highest BCUT2D eigenvalue weighted by Crippen LogP contribution is 2.61. The number of hydrogen-bond acceptors (Lipinski definition) is 2. The molecule has 2 aromatic rings. The van der Waals surface area contributed by atoms with Gasteiger partial charge in [0, 0.05) is 30.5 Å². The van der Waals surface area contributed by atoms with E-state index < -0.39 is 0 Å². The van der Waals surface area contributed by atoms with Crippen molar-refractivity contribution in [2.45, 2.75) is 57.9 Å². The Labute approximate surface area is 155 Å². The van der Waals surface area contributed by atoms with Gasteiger partial charge in [0.25, 0.3) is 0 Å². The minimum absolute atomic E-state index is 0.103. The van der Waals surface area contributed by atoms with E-state index in [-0.39, 0.29) is 11.9 Å². The number of pyridine rings is 1. The zero-order chi connectivity index (χ0) is 17.7. The molecule has 1 aromatic heterocycles. The lowest BCUT2D eigenvalue weighted by Crippen LogP contribution is -2.57. The molecule has 0 spiro atoms. The summed E-state index contributed by atoms with van der Waals surface area (Å²) in [6.45, 7) is 1.67. The second kappa shape index (κ2) is 6.07. The largest absolute Gasteiger partial charge is 0.353 e. The third-order valence-electron chi connectivity index (χ3n) is 7.27. The van der Waals surface area contributed by atoms with E-state index in [9.17, 15) is 4.79 Å². The summed E-state index contributed by atoms with van der Waals surface area (Å²) in [4.78, 5) is 16.9. The Morgan fingerprint density at radius 1 is 1.08 bits per heavy atom. The smallest absolute Gasteiger partial charge is 0.217 e. The minimum atomic E-state index is 0.103. The molecule has 0 radical (unpaired) electrons. The van der Waals surface area contributed by atoms with Crippen molar-refractivity contribution < 1.29 is 4.79 Å². The van der Waals surface area contributed by atoms with Crippen LogP contribution in [0.25, 0.3) is 10.9 Å². The summed E-state index contributed by atoms with van der Waals surface area (Å²) in [7, 11) is 0. The molecule has 1 aromatic carbocycles. The van der Waals surface area contributed by atoms with Gasteiger partial charge in [-0.25, -0.2) is 0 Å². The topological polar surface area (TPSA) is 42.0 Å². The molecule has 4 aliphatic carbocycles. The monoisotopic (exact) mass is 348 g/mol. The van der Waals surface area contributed by atoms with Crippen molar-refractivity contribution in [2.75, 3.05) is 0 Å². The molecule has 6 rings (SSSR count). The molecular weight excluding hydrogens is 320 g/mol. The van der Waals surface area contributed by atoms with Gasteiger partial charge < -0.3 is 5.32 Å². The molecule has 1 amide bonds. The van der Waals surface area contributed by atoms with Gasteiger partial charge in [0.15, 0.2) is 0 Å². The molecule has 4 fully saturated rings. The minimum Gasteiger partial charge on any atom is -0.353 e. The molecule has 0 unspecified atom stereocenters. The molecule has 1 atom stereocenters. The van der Waals surface area contributed by atoms with Crippen LogP contribution in [-0.2, 0) is 11.2 Å². The standard InChI is InChI=1S/C23H28N2O/c1-15(26)24-22(11-20-7-6-19-4-2-3-5-21(19)25-20)23-12-16-8-17(13-23)10-18(9-16)14-23/h2-7,16-18,22H,8-14H2,1H3,(H,24,26)/t16?,17?,18?,22-,23?/m0/s1. The van der Waals surface area contributed by atoms with Gasteiger partial charge in [0.05, 0.1) is 5.52 Å². The van der Waals surface area contributed by atoms with E-state index in [0.29, 0.717) is 5.41 Å². The van der Waals surface area contributed by atoms with Gasteiger partial charge in [-0.15, -0.1) is 0 Å². The Bertz CT molecular complexity index is 808. The molecule has 4 saturated carbocycles. The van der Waals surface area contributed by atoms with Gasteiger partial charge in [-0.3, -0.25) is 9.78 Å². The third kappa shape index (κ3) is 2.82. The molecule has 3 nitrogen and oxygen atoms in total. The van der Waals surface area contributed by atoms with Crippen LogP contribution in [0.5, 0.6) is 0 Å². The quantitative estimate of drug-likeness (QED) is 0.884. The number of nitrogens with one attached hydrogen (secondary N) is 1. The van der Waals surface area contributed by atoms with E-state index >= 15 is 0 Å². The molecule has 4 bridgehead atoms. The molecule has 3 heteroatoms. The first-order valence-electron chi connectivity index (χ1n) is 10.2. The summed E-state index contributed by atoms with van der Waals surface area (Å²) in [5.41, 5.74) is 2.46. The molecule has 26 heavy (non-hydrogen) atoms. The zero-order valence-electron chi connectivity index (χ0n) is 15.6. The van der Waals surface area contributed by atoms with Crippen LogP contribution in [0, 0.1) is 23.2 Å². The summed E-state index contributed by atoms with van der Waals surface area (Å²) < 4.78 is 0. The van der Waals surface area contributed by atoms with Crippen LogP contribution in [0.2, 0.25) is 0 Å². The van der Waals surface area contributed by atoms with E-state index in [4.69, 9.17) is 4.98 Å². The molecule has 4 aliphatic rings. The van der Waals surface area contributed by atoms with Crippen molar-refractivity contribution in [1.29, 1.82) is 0 Å². The number of fused-ring (bicyclic) bond motifs is 1. The Balaban J connectivity index is 1.46. The van der Waals surface area contributed by atoms with Crippen molar-refractivity contribution in [3.8, 4) is 0 Å². The summed E-state index contributed by atoms with van der Waals surface area (Å²) >= 11 is 0. The number of benzene rings is 1. The lowest BCUT2D eigenvalue weighted by molar-refractivity contribution is -0.124. The summed E-state index contributed by atoms with van der Waals surface area (Å²) in [6.07, 6.45) is 9.06. The van der Waals surface area contributed by atoms with E-state index in [1.807, 2.05) is 6.07 Å². The molecular formula is C23H28N2O. The SMILES string of the molecule is CC(=O)N[C@@H](Cc1ccc2ccccc2n1)C12CC3CC(CC(C3)C1)C2. The molecule has 1 N–H and O–H groups in total. The number of para-hydroxylation sites is 1. The average Bonchev–Trinajstić information content (AvgIpc) is 2.59. The third-order valence-corrected chi connectivity index (χ3v) is 7.27. The highest BCUT2D eigenvalue weighted by Gasteiger charge is 2.54. The maximum atomic E-state index is 12.0. The van der Waals surface area contributed by atoms with E-state index in [0.717, 1.165) is 35.4 Å². The number of carbonyl (C=O) groups is 1. The van der Waals surface area contributed by atoms with Crippen LogP contribution in [0.1, 0.15) is 51.1 Å². The molecule has 0 aliphatic heterocycles. The van der Waals surface area contributed by atoms with Crippen molar-refractivity contribution in [3.63, 3.8) is 0 Å². The van der Waals surface area contributed by atoms with Gasteiger partial charge in [-0.2, -0.15) is 0 Å². The van der Waals surface area contributed by atoms with Crippen LogP contribution >= 0.6 is 0 Å². The lowest BCUT2D eigenvalue weighted by atomic mass is 9.47. The number of nitrogens with zero attached hydrogens (tertiary/aromatic N) is 1. The first-order valence-corrected chi connectivity index (χ1v) is 10.2. The van der Waals surface area contributed by atoms with E-state index in [1.54, 1.807) is 6.92 Å². The summed E-state index contributed by atoms with van der Waals surface area (Å²) in [6, 6.07) is 12.8. The van der Waals surface area contributed by atoms with Crippen molar-refractivity contribution in [2.24, 2.45) is 23.2 Å². The van der Waals surface area contributed by atoms with E-state index in [2.05, 4.69) is 35.6 Å². The van der Waals surface area contributed by atoms with Gasteiger partial charge in [-0.05, 0) is 73.8 Å². The predicted octanol–water partition coefficient (Wildman–Crippen LogP) is 4.50. The molecule has 1 heterocycles. The van der Waals surface area contributed by atoms with E-state index in [1.165, 1.54) is 43.9 Å². The van der Waals surface area contributed by atoms with Crippen LogP contribution < -0.4 is 5.32 Å². The van der Waals surface area contributed by atoms with Crippen LogP contribution in [0.3, 0.4) is 0 Å². The predicted molar refractivity (Wildman–Crippen MR) is 104 cm³/mol. The maximum Gasteiger partial charge on any atom is 0.217 e. The Kier molecular flexibility index (Phi) is 3.80. The Hall–Kier alpha value is -1.90. The number of amides is 1. The number of hydrogen-bond donors (Lipinski definition) is 1. The fraction of sp³-hybridized carbons (Fsp3) is 0.565. The van der Waals surface area contributed by atoms with Crippen LogP contribution in [0.15, 0.2) is 36.4 Å². The Morgan fingerprint density at radius 2 is 1.73 bits per heavy atom. The number of carbonyl (C=O) groups excluding carboxylic acids is 1. The number of rotatable bonds is 4. The normalized spacial score (nSPS) is 33.3. The maximum absolute atomic E-state index is 12.0. The van der Waals surface area contributed by atoms with Crippen molar-refractivity contribution >= 4 is 16.8 Å². The van der Waals surface area contributed by atoms with Crippen LogP contribution in [-0.4, -0.2) is 16.9 Å². The molecule has 0 saturated heterocycles. The van der Waals surface area contributed by atoms with Gasteiger partial charge in [0.2, 0.25) is 5.91 Å². The first kappa shape index (κ1) is 16.3. The van der Waals surface area contributed by atoms with Crippen molar-refractivity contribution in [3.05, 3.63) is 42.1 Å². The highest BCUT2D eigenvalue weighted by atomic mass is 16.1. The van der Waals surface area contributed by atoms with Gasteiger partial charge >= 0.3 is 0 Å². The average molecular weight is 348 g/mol. The van der Waals surface area contributed by atoms with Crippen molar-refractivity contribution in [1.82, 2.24) is 10.3 Å². The van der Waals surface area contributed by atoms with Gasteiger partial charge in [-0.1, -0.05) is 24.3 Å². The molecule has 136 valence electrons. The fourth-order valence-corrected chi connectivity index (χ4v) is 6.70. The number of aromatic nitrogens is 1. The summed E-state index contributed by atoms with van der Waals surface area (Å²) in [5.74, 6) is 2.78. The fourth-order valence-electron chi connectivity index (χ4n) is 6.70. The second-order valence-electron chi connectivity index (χ2n) is 9.23. The first-order chi connectivity index (χ1) is 12.6. The summed E-state index contributed by atoms with van der Waals surface area (Å²) in [5, 5.41) is 4.54. The lowest BCUT2D eigenvalue weighted by Gasteiger charge is -2.59. The highest BCUT2D eigenvalue weighted by molar-refractivity contribution is 5.78. The van der Waals surface area contributed by atoms with Gasteiger partial charge in [0.1, 0.15) is 0 Å². The Morgan fingerprint density at radius 3 is 2.38 bits per heavy atom. The second-order valence-corrected chi connectivity index (χ2v) is 9.23. The van der Waals surface area contributed by atoms with Crippen LogP contribution in [0.4, 0.5) is 0 Å².